The molecule has 0 radical (unpaired) electrons. The lowest BCUT2D eigenvalue weighted by atomic mass is 10.1. The largest absolute Gasteiger partial charge is 0.278 e. The standard InChI is InChI=1S/C56H34N6S/c1-5-17-35(18-6-1)43-33-44(36-19-7-2-8-20-36)58-55(57-43)61-47-27-15-13-25-41(47)51-49(61)31-29-39-40-30-32-50-52(54(40)63-53(39)51)42-26-14-16-28-48(42)62(50)56-59-45(37-21-9-3-10-22-37)34-46(60-56)38-23-11-4-12-24-38/h1-34H. The Labute approximate surface area is 365 Å². The molecule has 0 unspecified atom stereocenters. The average molecular weight is 823 g/mol. The molecule has 0 aliphatic rings. The minimum absolute atomic E-state index is 0.639. The fourth-order valence-corrected chi connectivity index (χ4v) is 10.7. The van der Waals surface area contributed by atoms with Gasteiger partial charge in [0.15, 0.2) is 0 Å². The van der Waals surface area contributed by atoms with Crippen LogP contribution in [0.5, 0.6) is 0 Å². The summed E-state index contributed by atoms with van der Waals surface area (Å²) >= 11 is 1.86. The molecule has 0 aliphatic heterocycles. The molecule has 0 saturated heterocycles. The van der Waals surface area contributed by atoms with Crippen LogP contribution in [0.15, 0.2) is 206 Å². The molecular weight excluding hydrogens is 789 g/mol. The van der Waals surface area contributed by atoms with E-state index in [2.05, 4.69) is 191 Å². The summed E-state index contributed by atoms with van der Waals surface area (Å²) < 4.78 is 6.96. The van der Waals surface area contributed by atoms with Gasteiger partial charge in [-0.15, -0.1) is 11.3 Å². The number of aromatic nitrogens is 6. The van der Waals surface area contributed by atoms with E-state index in [9.17, 15) is 0 Å². The number of rotatable bonds is 6. The highest BCUT2D eigenvalue weighted by molar-refractivity contribution is 7.27. The van der Waals surface area contributed by atoms with Gasteiger partial charge >= 0.3 is 0 Å². The summed E-state index contributed by atoms with van der Waals surface area (Å²) in [5, 5.41) is 7.17. The number of fused-ring (bicyclic) bond motifs is 11. The van der Waals surface area contributed by atoms with Gasteiger partial charge in [-0.2, -0.15) is 0 Å². The molecule has 0 spiro atoms. The molecule has 0 aliphatic carbocycles. The van der Waals surface area contributed by atoms with Crippen molar-refractivity contribution in [3.63, 3.8) is 0 Å². The Balaban J connectivity index is 1.07. The van der Waals surface area contributed by atoms with Crippen LogP contribution in [0.1, 0.15) is 0 Å². The van der Waals surface area contributed by atoms with E-state index in [1.807, 2.05) is 35.6 Å². The molecule has 0 N–H and O–H groups in total. The first kappa shape index (κ1) is 35.5. The first-order valence-electron chi connectivity index (χ1n) is 21.1. The van der Waals surface area contributed by atoms with Gasteiger partial charge in [-0.25, -0.2) is 19.9 Å². The van der Waals surface area contributed by atoms with Crippen molar-refractivity contribution in [1.29, 1.82) is 0 Å². The molecule has 13 aromatic rings. The van der Waals surface area contributed by atoms with E-state index >= 15 is 0 Å². The number of hydrogen-bond donors (Lipinski definition) is 0. The lowest BCUT2D eigenvalue weighted by Crippen LogP contribution is -2.04. The van der Waals surface area contributed by atoms with E-state index in [1.165, 1.54) is 30.9 Å². The van der Waals surface area contributed by atoms with E-state index in [4.69, 9.17) is 19.9 Å². The Hall–Kier alpha value is -8.26. The van der Waals surface area contributed by atoms with Crippen molar-refractivity contribution >= 4 is 75.1 Å². The average Bonchev–Trinajstić information content (AvgIpc) is 4.02. The van der Waals surface area contributed by atoms with Gasteiger partial charge in [0, 0.05) is 64.0 Å². The normalized spacial score (nSPS) is 11.8. The van der Waals surface area contributed by atoms with Gasteiger partial charge in [0.2, 0.25) is 11.9 Å². The summed E-state index contributed by atoms with van der Waals surface area (Å²) in [5.41, 5.74) is 11.9. The van der Waals surface area contributed by atoms with Crippen LogP contribution in [0.3, 0.4) is 0 Å². The molecule has 13 rings (SSSR count). The third-order valence-electron chi connectivity index (χ3n) is 12.2. The van der Waals surface area contributed by atoms with Crippen molar-refractivity contribution in [1.82, 2.24) is 29.1 Å². The highest BCUT2D eigenvalue weighted by Crippen LogP contribution is 2.47. The van der Waals surface area contributed by atoms with Crippen molar-refractivity contribution in [2.75, 3.05) is 0 Å². The van der Waals surface area contributed by atoms with Gasteiger partial charge in [-0.1, -0.05) is 170 Å². The number of para-hydroxylation sites is 2. The van der Waals surface area contributed by atoms with Gasteiger partial charge in [0.25, 0.3) is 0 Å². The zero-order chi connectivity index (χ0) is 41.4. The maximum absolute atomic E-state index is 5.29. The Kier molecular flexibility index (Phi) is 7.98. The van der Waals surface area contributed by atoms with Gasteiger partial charge in [0.05, 0.1) is 44.8 Å². The van der Waals surface area contributed by atoms with Crippen LogP contribution in [0.2, 0.25) is 0 Å². The second-order valence-corrected chi connectivity index (χ2v) is 16.8. The van der Waals surface area contributed by atoms with Gasteiger partial charge in [-0.05, 0) is 36.4 Å². The summed E-state index contributed by atoms with van der Waals surface area (Å²) in [6, 6.07) is 72.1. The summed E-state index contributed by atoms with van der Waals surface area (Å²) in [5.74, 6) is 1.28. The summed E-state index contributed by atoms with van der Waals surface area (Å²) in [6.07, 6.45) is 0. The van der Waals surface area contributed by atoms with Crippen molar-refractivity contribution < 1.29 is 0 Å². The summed E-state index contributed by atoms with van der Waals surface area (Å²) in [7, 11) is 0. The smallest absolute Gasteiger partial charge is 0.235 e. The highest BCUT2D eigenvalue weighted by atomic mass is 32.1. The topological polar surface area (TPSA) is 61.4 Å². The van der Waals surface area contributed by atoms with Crippen LogP contribution in [-0.2, 0) is 0 Å². The quantitative estimate of drug-likeness (QED) is 0.168. The number of nitrogens with zero attached hydrogens (tertiary/aromatic N) is 6. The van der Waals surface area contributed by atoms with Crippen molar-refractivity contribution in [2.45, 2.75) is 0 Å². The Bertz CT molecular complexity index is 3520. The molecule has 0 fully saturated rings. The highest BCUT2D eigenvalue weighted by Gasteiger charge is 2.24. The van der Waals surface area contributed by atoms with Crippen LogP contribution < -0.4 is 0 Å². The third-order valence-corrected chi connectivity index (χ3v) is 13.4. The van der Waals surface area contributed by atoms with Gasteiger partial charge in [0.1, 0.15) is 0 Å². The third kappa shape index (κ3) is 5.64. The number of thiophene rings is 1. The SMILES string of the molecule is c1ccc(-c2cc(-c3ccccc3)nc(-n3c4ccccc4c4c5sc6c(ccc7c6c6ccccc6n7-c6nc(-c7ccccc7)cc(-c7ccccc7)n6)c5ccc43)n2)cc1. The molecule has 0 saturated carbocycles. The van der Waals surface area contributed by atoms with Crippen molar-refractivity contribution in [3.8, 4) is 56.9 Å². The lowest BCUT2D eigenvalue weighted by molar-refractivity contribution is 0.995. The van der Waals surface area contributed by atoms with Crippen molar-refractivity contribution in [3.05, 3.63) is 206 Å². The van der Waals surface area contributed by atoms with Crippen LogP contribution in [0.4, 0.5) is 0 Å². The maximum Gasteiger partial charge on any atom is 0.235 e. The maximum atomic E-state index is 5.29. The molecule has 8 aromatic carbocycles. The number of benzene rings is 8. The predicted octanol–water partition coefficient (Wildman–Crippen LogP) is 14.5. The number of hydrogen-bond acceptors (Lipinski definition) is 5. The minimum Gasteiger partial charge on any atom is -0.278 e. The monoisotopic (exact) mass is 822 g/mol. The van der Waals surface area contributed by atoms with Crippen LogP contribution in [0, 0.1) is 0 Å². The molecule has 294 valence electrons. The lowest BCUT2D eigenvalue weighted by Gasteiger charge is -2.12. The second kappa shape index (κ2) is 14.2. The predicted molar refractivity (Wildman–Crippen MR) is 261 cm³/mol. The van der Waals surface area contributed by atoms with E-state index < -0.39 is 0 Å². The van der Waals surface area contributed by atoms with Gasteiger partial charge < -0.3 is 0 Å². The van der Waals surface area contributed by atoms with Crippen molar-refractivity contribution in [2.24, 2.45) is 0 Å². The van der Waals surface area contributed by atoms with Crippen LogP contribution in [0.25, 0.3) is 121 Å². The van der Waals surface area contributed by atoms with Crippen LogP contribution in [-0.4, -0.2) is 29.1 Å². The van der Waals surface area contributed by atoms with E-state index in [0.717, 1.165) is 77.9 Å². The molecule has 6 nitrogen and oxygen atoms in total. The Morgan fingerprint density at radius 2 is 0.603 bits per heavy atom. The molecule has 7 heteroatoms. The first-order chi connectivity index (χ1) is 31.2. The summed E-state index contributed by atoms with van der Waals surface area (Å²) in [6.45, 7) is 0. The molecule has 0 bridgehead atoms. The summed E-state index contributed by atoms with van der Waals surface area (Å²) in [4.78, 5) is 21.2. The van der Waals surface area contributed by atoms with E-state index in [1.54, 1.807) is 0 Å². The molecule has 5 aromatic heterocycles. The fraction of sp³-hybridized carbons (Fsp3) is 0. The second-order valence-electron chi connectivity index (χ2n) is 15.8. The zero-order valence-electron chi connectivity index (χ0n) is 33.7. The zero-order valence-corrected chi connectivity index (χ0v) is 34.5. The Morgan fingerprint density at radius 3 is 0.952 bits per heavy atom. The van der Waals surface area contributed by atoms with E-state index in [-0.39, 0.29) is 0 Å². The van der Waals surface area contributed by atoms with Gasteiger partial charge in [-0.3, -0.25) is 9.13 Å². The molecule has 0 atom stereocenters. The first-order valence-corrected chi connectivity index (χ1v) is 21.9. The Morgan fingerprint density at radius 1 is 0.286 bits per heavy atom. The molecule has 0 amide bonds. The van der Waals surface area contributed by atoms with Crippen LogP contribution >= 0.6 is 11.3 Å². The van der Waals surface area contributed by atoms with E-state index in [0.29, 0.717) is 11.9 Å². The molecule has 5 heterocycles. The fourth-order valence-electron chi connectivity index (χ4n) is 9.32. The molecular formula is C56H34N6S. The minimum atomic E-state index is 0.639. The molecule has 63 heavy (non-hydrogen) atoms.